The Bertz CT molecular complexity index is 1220. The first-order valence-electron chi connectivity index (χ1n) is 10.2. The van der Waals surface area contributed by atoms with Gasteiger partial charge in [-0.15, -0.1) is 11.3 Å². The summed E-state index contributed by atoms with van der Waals surface area (Å²) in [5, 5.41) is 6.28. The molecule has 5 rings (SSSR count). The van der Waals surface area contributed by atoms with Gasteiger partial charge in [0.1, 0.15) is 5.75 Å². The van der Waals surface area contributed by atoms with Gasteiger partial charge in [0.05, 0.1) is 24.4 Å². The predicted molar refractivity (Wildman–Crippen MR) is 120 cm³/mol. The van der Waals surface area contributed by atoms with E-state index >= 15 is 0 Å². The van der Waals surface area contributed by atoms with Crippen molar-refractivity contribution < 1.29 is 23.8 Å². The number of rotatable bonds is 5. The van der Waals surface area contributed by atoms with Gasteiger partial charge in [-0.25, -0.2) is 4.98 Å². The minimum absolute atomic E-state index is 0.133. The fourth-order valence-electron chi connectivity index (χ4n) is 3.88. The lowest BCUT2D eigenvalue weighted by molar-refractivity contribution is -0.117. The minimum atomic E-state index is -0.373. The zero-order valence-electron chi connectivity index (χ0n) is 17.6. The summed E-state index contributed by atoms with van der Waals surface area (Å²) in [5.74, 6) is 0.976. The lowest BCUT2D eigenvalue weighted by atomic mass is 10.1. The number of hydrogen-bond acceptors (Lipinski definition) is 7. The standard InChI is InChI=1S/C23H21N3O5S/c1-12-3-6-16(29-2)15(9-12)24-22(28)14-5-8-19-20(14)25-23(32-19)26-21(27)13-4-7-17-18(10-13)31-11-30-17/h3-4,6-7,9-10,14H,5,8,11H2,1-2H3,(H,24,28)(H,25,26,27). The molecule has 3 aromatic rings. The number of methoxy groups -OCH3 is 1. The van der Waals surface area contributed by atoms with Crippen LogP contribution in [-0.4, -0.2) is 30.7 Å². The van der Waals surface area contributed by atoms with E-state index < -0.39 is 0 Å². The summed E-state index contributed by atoms with van der Waals surface area (Å²) in [7, 11) is 1.57. The van der Waals surface area contributed by atoms with E-state index in [4.69, 9.17) is 14.2 Å². The van der Waals surface area contributed by atoms with Crippen LogP contribution in [0, 0.1) is 6.92 Å². The summed E-state index contributed by atoms with van der Waals surface area (Å²) in [5.41, 5.74) is 2.83. The molecule has 8 nitrogen and oxygen atoms in total. The van der Waals surface area contributed by atoms with Gasteiger partial charge >= 0.3 is 0 Å². The van der Waals surface area contributed by atoms with Crippen molar-refractivity contribution in [2.45, 2.75) is 25.7 Å². The van der Waals surface area contributed by atoms with Crippen LogP contribution in [0.1, 0.15) is 38.8 Å². The fraction of sp³-hybridized carbons (Fsp3) is 0.261. The van der Waals surface area contributed by atoms with Crippen LogP contribution >= 0.6 is 11.3 Å². The maximum atomic E-state index is 13.0. The molecule has 1 aromatic heterocycles. The lowest BCUT2D eigenvalue weighted by Gasteiger charge is -2.14. The molecule has 2 aliphatic rings. The second-order valence-corrected chi connectivity index (χ2v) is 8.72. The molecular formula is C23H21N3O5S. The Hall–Kier alpha value is -3.59. The van der Waals surface area contributed by atoms with Crippen molar-refractivity contribution in [2.75, 3.05) is 24.5 Å². The molecule has 1 aliphatic carbocycles. The zero-order valence-corrected chi connectivity index (χ0v) is 18.4. The molecule has 2 aromatic carbocycles. The summed E-state index contributed by atoms with van der Waals surface area (Å²) >= 11 is 1.40. The third-order valence-electron chi connectivity index (χ3n) is 5.50. The van der Waals surface area contributed by atoms with Crippen LogP contribution in [0.5, 0.6) is 17.2 Å². The van der Waals surface area contributed by atoms with Gasteiger partial charge in [-0.2, -0.15) is 0 Å². The van der Waals surface area contributed by atoms with E-state index in [0.717, 1.165) is 22.6 Å². The molecule has 1 aliphatic heterocycles. The Morgan fingerprint density at radius 1 is 1.12 bits per heavy atom. The molecule has 32 heavy (non-hydrogen) atoms. The third kappa shape index (κ3) is 3.75. The van der Waals surface area contributed by atoms with E-state index in [-0.39, 0.29) is 24.5 Å². The van der Waals surface area contributed by atoms with Crippen molar-refractivity contribution in [2.24, 2.45) is 0 Å². The molecule has 0 saturated carbocycles. The topological polar surface area (TPSA) is 98.8 Å². The first-order chi connectivity index (χ1) is 15.5. The van der Waals surface area contributed by atoms with Crippen molar-refractivity contribution in [1.82, 2.24) is 4.98 Å². The zero-order chi connectivity index (χ0) is 22.2. The number of nitrogens with one attached hydrogen (secondary N) is 2. The number of amides is 2. The van der Waals surface area contributed by atoms with Crippen LogP contribution in [0.2, 0.25) is 0 Å². The highest BCUT2D eigenvalue weighted by atomic mass is 32.1. The Kier molecular flexibility index (Phi) is 5.18. The predicted octanol–water partition coefficient (Wildman–Crippen LogP) is 4.11. The van der Waals surface area contributed by atoms with Gasteiger partial charge in [-0.3, -0.25) is 14.9 Å². The second-order valence-electron chi connectivity index (χ2n) is 7.63. The Labute approximate surface area is 188 Å². The number of aryl methyl sites for hydroxylation is 2. The van der Waals surface area contributed by atoms with Crippen LogP contribution in [0.3, 0.4) is 0 Å². The number of anilines is 2. The molecule has 0 saturated heterocycles. The highest BCUT2D eigenvalue weighted by Gasteiger charge is 2.33. The van der Waals surface area contributed by atoms with Crippen molar-refractivity contribution in [3.05, 3.63) is 58.1 Å². The van der Waals surface area contributed by atoms with E-state index in [9.17, 15) is 9.59 Å². The van der Waals surface area contributed by atoms with Gasteiger partial charge < -0.3 is 19.5 Å². The molecule has 9 heteroatoms. The van der Waals surface area contributed by atoms with Gasteiger partial charge in [-0.1, -0.05) is 6.07 Å². The van der Waals surface area contributed by atoms with E-state index in [1.54, 1.807) is 25.3 Å². The summed E-state index contributed by atoms with van der Waals surface area (Å²) in [6.07, 6.45) is 1.43. The number of benzene rings is 2. The van der Waals surface area contributed by atoms with E-state index in [0.29, 0.717) is 40.1 Å². The number of carbonyl (C=O) groups excluding carboxylic acids is 2. The van der Waals surface area contributed by atoms with E-state index in [1.807, 2.05) is 25.1 Å². The molecule has 0 bridgehead atoms. The summed E-state index contributed by atoms with van der Waals surface area (Å²) in [4.78, 5) is 31.3. The molecule has 164 valence electrons. The van der Waals surface area contributed by atoms with Crippen LogP contribution < -0.4 is 24.8 Å². The van der Waals surface area contributed by atoms with Gasteiger partial charge in [0.15, 0.2) is 16.6 Å². The quantitative estimate of drug-likeness (QED) is 0.606. The molecule has 0 radical (unpaired) electrons. The van der Waals surface area contributed by atoms with Gasteiger partial charge in [0.2, 0.25) is 12.7 Å². The molecule has 0 fully saturated rings. The normalized spacial score (nSPS) is 15.9. The van der Waals surface area contributed by atoms with Crippen LogP contribution in [0.4, 0.5) is 10.8 Å². The Morgan fingerprint density at radius 2 is 1.97 bits per heavy atom. The largest absolute Gasteiger partial charge is 0.495 e. The summed E-state index contributed by atoms with van der Waals surface area (Å²) < 4.78 is 16.0. The number of nitrogens with zero attached hydrogens (tertiary/aromatic N) is 1. The average molecular weight is 452 g/mol. The molecule has 1 unspecified atom stereocenters. The lowest BCUT2D eigenvalue weighted by Crippen LogP contribution is -2.20. The minimum Gasteiger partial charge on any atom is -0.495 e. The first kappa shape index (κ1) is 20.3. The van der Waals surface area contributed by atoms with Gasteiger partial charge in [0.25, 0.3) is 5.91 Å². The number of fused-ring (bicyclic) bond motifs is 2. The maximum absolute atomic E-state index is 13.0. The van der Waals surface area contributed by atoms with Crippen molar-refractivity contribution in [3.63, 3.8) is 0 Å². The van der Waals surface area contributed by atoms with Crippen LogP contribution in [0.25, 0.3) is 0 Å². The molecule has 2 N–H and O–H groups in total. The highest BCUT2D eigenvalue weighted by Crippen LogP contribution is 2.40. The summed E-state index contributed by atoms with van der Waals surface area (Å²) in [6, 6.07) is 10.7. The highest BCUT2D eigenvalue weighted by molar-refractivity contribution is 7.16. The van der Waals surface area contributed by atoms with Crippen LogP contribution in [-0.2, 0) is 11.2 Å². The first-order valence-corrected chi connectivity index (χ1v) is 11.0. The molecule has 2 amide bonds. The molecule has 0 spiro atoms. The average Bonchev–Trinajstić information content (AvgIpc) is 3.48. The Balaban J connectivity index is 1.30. The van der Waals surface area contributed by atoms with Crippen molar-refractivity contribution in [1.29, 1.82) is 0 Å². The molecule has 1 atom stereocenters. The molecular weight excluding hydrogens is 430 g/mol. The van der Waals surface area contributed by atoms with Crippen LogP contribution in [0.15, 0.2) is 36.4 Å². The number of hydrogen-bond donors (Lipinski definition) is 2. The second kappa shape index (κ2) is 8.16. The summed E-state index contributed by atoms with van der Waals surface area (Å²) in [6.45, 7) is 2.11. The fourth-order valence-corrected chi connectivity index (χ4v) is 4.92. The number of aromatic nitrogens is 1. The molecule has 2 heterocycles. The smallest absolute Gasteiger partial charge is 0.257 e. The van der Waals surface area contributed by atoms with E-state index in [1.165, 1.54) is 11.3 Å². The van der Waals surface area contributed by atoms with Gasteiger partial charge in [0, 0.05) is 10.4 Å². The maximum Gasteiger partial charge on any atom is 0.257 e. The SMILES string of the molecule is COc1ccc(C)cc1NC(=O)C1CCc2sc(NC(=O)c3ccc4c(c3)OCO4)nc21. The monoisotopic (exact) mass is 451 g/mol. The number of thiazole rings is 1. The Morgan fingerprint density at radius 3 is 2.81 bits per heavy atom. The number of ether oxygens (including phenoxy) is 3. The third-order valence-corrected chi connectivity index (χ3v) is 6.55. The number of carbonyl (C=O) groups is 2. The van der Waals surface area contributed by atoms with Gasteiger partial charge in [-0.05, 0) is 55.7 Å². The van der Waals surface area contributed by atoms with Crippen molar-refractivity contribution >= 4 is 34.0 Å². The van der Waals surface area contributed by atoms with Crippen molar-refractivity contribution in [3.8, 4) is 17.2 Å². The van der Waals surface area contributed by atoms with E-state index in [2.05, 4.69) is 15.6 Å².